The molecular formula is C16H19ClN2O. The van der Waals surface area contributed by atoms with Crippen LogP contribution in [0.2, 0.25) is 5.02 Å². The summed E-state index contributed by atoms with van der Waals surface area (Å²) in [5.74, 6) is 0.00343. The smallest absolute Gasteiger partial charge is 0.254 e. The van der Waals surface area contributed by atoms with Crippen LogP contribution in [0.5, 0.6) is 0 Å². The Labute approximate surface area is 124 Å². The maximum Gasteiger partial charge on any atom is 0.254 e. The number of amides is 1. The maximum atomic E-state index is 12.6. The van der Waals surface area contributed by atoms with Gasteiger partial charge in [0.15, 0.2) is 0 Å². The Hall–Kier alpha value is -1.74. The highest BCUT2D eigenvalue weighted by Gasteiger charge is 2.20. The van der Waals surface area contributed by atoms with Gasteiger partial charge in [0.05, 0.1) is 6.54 Å². The lowest BCUT2D eigenvalue weighted by atomic mass is 10.1. The van der Waals surface area contributed by atoms with E-state index in [1.807, 2.05) is 48.7 Å². The van der Waals surface area contributed by atoms with Gasteiger partial charge in [0.1, 0.15) is 0 Å². The zero-order valence-corrected chi connectivity index (χ0v) is 12.8. The molecule has 0 bridgehead atoms. The van der Waals surface area contributed by atoms with E-state index in [0.29, 0.717) is 17.1 Å². The van der Waals surface area contributed by atoms with Crippen LogP contribution in [0, 0.1) is 0 Å². The highest BCUT2D eigenvalue weighted by molar-refractivity contribution is 6.30. The number of rotatable bonds is 4. The van der Waals surface area contributed by atoms with E-state index >= 15 is 0 Å². The van der Waals surface area contributed by atoms with Gasteiger partial charge in [-0.25, -0.2) is 0 Å². The number of aromatic nitrogens is 1. The molecule has 0 spiro atoms. The van der Waals surface area contributed by atoms with Gasteiger partial charge in [0.2, 0.25) is 0 Å². The molecule has 1 heterocycles. The lowest BCUT2D eigenvalue weighted by Crippen LogP contribution is -2.36. The Kier molecular flexibility index (Phi) is 4.50. The van der Waals surface area contributed by atoms with Gasteiger partial charge in [-0.1, -0.05) is 17.7 Å². The minimum absolute atomic E-state index is 0.00343. The predicted molar refractivity (Wildman–Crippen MR) is 81.9 cm³/mol. The van der Waals surface area contributed by atoms with Crippen LogP contribution in [0.1, 0.15) is 29.9 Å². The van der Waals surface area contributed by atoms with Crippen LogP contribution < -0.4 is 0 Å². The van der Waals surface area contributed by atoms with E-state index in [4.69, 9.17) is 11.6 Å². The summed E-state index contributed by atoms with van der Waals surface area (Å²) < 4.78 is 2.03. The topological polar surface area (TPSA) is 25.2 Å². The molecule has 3 nitrogen and oxygen atoms in total. The van der Waals surface area contributed by atoms with Crippen LogP contribution in [0.25, 0.3) is 0 Å². The molecule has 0 aliphatic carbocycles. The summed E-state index contributed by atoms with van der Waals surface area (Å²) in [4.78, 5) is 14.5. The van der Waals surface area contributed by atoms with E-state index in [2.05, 4.69) is 0 Å². The number of carbonyl (C=O) groups is 1. The molecule has 0 radical (unpaired) electrons. The summed E-state index contributed by atoms with van der Waals surface area (Å²) in [6, 6.07) is 11.2. The van der Waals surface area contributed by atoms with Crippen molar-refractivity contribution in [2.45, 2.75) is 26.4 Å². The molecule has 0 fully saturated rings. The molecule has 2 rings (SSSR count). The van der Waals surface area contributed by atoms with Crippen molar-refractivity contribution >= 4 is 17.5 Å². The van der Waals surface area contributed by atoms with Crippen LogP contribution in [0.3, 0.4) is 0 Å². The van der Waals surface area contributed by atoms with Crippen molar-refractivity contribution in [3.05, 3.63) is 58.9 Å². The lowest BCUT2D eigenvalue weighted by Gasteiger charge is -2.27. The Balaban J connectivity index is 2.25. The number of hydrogen-bond donors (Lipinski definition) is 0. The van der Waals surface area contributed by atoms with Crippen LogP contribution in [0.15, 0.2) is 42.6 Å². The molecule has 1 amide bonds. The fourth-order valence-corrected chi connectivity index (χ4v) is 2.30. The zero-order valence-electron chi connectivity index (χ0n) is 12.0. The predicted octanol–water partition coefficient (Wildman–Crippen LogP) is 3.73. The minimum atomic E-state index is 0.00343. The monoisotopic (exact) mass is 290 g/mol. The number of carbonyl (C=O) groups excluding carboxylic acids is 1. The van der Waals surface area contributed by atoms with Crippen LogP contribution in [-0.2, 0) is 13.6 Å². The van der Waals surface area contributed by atoms with Crippen molar-refractivity contribution in [1.29, 1.82) is 0 Å². The summed E-state index contributed by atoms with van der Waals surface area (Å²) in [5, 5.41) is 0.582. The molecule has 2 aromatic rings. The number of hydrogen-bond acceptors (Lipinski definition) is 1. The van der Waals surface area contributed by atoms with E-state index in [9.17, 15) is 4.79 Å². The van der Waals surface area contributed by atoms with Gasteiger partial charge in [0, 0.05) is 35.6 Å². The summed E-state index contributed by atoms with van der Waals surface area (Å²) in [5.41, 5.74) is 1.73. The van der Waals surface area contributed by atoms with Gasteiger partial charge < -0.3 is 9.47 Å². The van der Waals surface area contributed by atoms with Gasteiger partial charge in [-0.15, -0.1) is 0 Å². The van der Waals surface area contributed by atoms with E-state index in [-0.39, 0.29) is 11.9 Å². The van der Waals surface area contributed by atoms with Gasteiger partial charge in [-0.05, 0) is 44.2 Å². The van der Waals surface area contributed by atoms with Crippen molar-refractivity contribution in [2.24, 2.45) is 7.05 Å². The molecule has 0 N–H and O–H groups in total. The maximum absolute atomic E-state index is 12.6. The molecule has 0 saturated carbocycles. The molecular weight excluding hydrogens is 272 g/mol. The lowest BCUT2D eigenvalue weighted by molar-refractivity contribution is 0.0686. The molecule has 1 aromatic carbocycles. The molecule has 0 atom stereocenters. The fourth-order valence-electron chi connectivity index (χ4n) is 2.11. The summed E-state index contributed by atoms with van der Waals surface area (Å²) in [6.07, 6.45) is 1.98. The van der Waals surface area contributed by atoms with Crippen molar-refractivity contribution < 1.29 is 4.79 Å². The molecule has 0 aliphatic heterocycles. The summed E-state index contributed by atoms with van der Waals surface area (Å²) >= 11 is 5.97. The van der Waals surface area contributed by atoms with E-state index in [0.717, 1.165) is 5.69 Å². The van der Waals surface area contributed by atoms with Gasteiger partial charge in [-0.3, -0.25) is 4.79 Å². The first-order chi connectivity index (χ1) is 9.49. The van der Waals surface area contributed by atoms with Crippen molar-refractivity contribution in [3.63, 3.8) is 0 Å². The highest BCUT2D eigenvalue weighted by Crippen LogP contribution is 2.16. The number of benzene rings is 1. The molecule has 0 unspecified atom stereocenters. The molecule has 4 heteroatoms. The first kappa shape index (κ1) is 14.7. The third-order valence-corrected chi connectivity index (χ3v) is 3.57. The molecule has 1 aromatic heterocycles. The third kappa shape index (κ3) is 3.23. The Morgan fingerprint density at radius 3 is 2.60 bits per heavy atom. The molecule has 106 valence electrons. The van der Waals surface area contributed by atoms with Gasteiger partial charge >= 0.3 is 0 Å². The number of aryl methyl sites for hydroxylation is 1. The van der Waals surface area contributed by atoms with Crippen LogP contribution >= 0.6 is 11.6 Å². The van der Waals surface area contributed by atoms with Crippen LogP contribution in [-0.4, -0.2) is 21.4 Å². The largest absolute Gasteiger partial charge is 0.353 e. The molecule has 0 aliphatic rings. The van der Waals surface area contributed by atoms with E-state index in [1.54, 1.807) is 24.3 Å². The SMILES string of the molecule is CC(C)N(Cc1cccn1C)C(=O)c1cccc(Cl)c1. The fraction of sp³-hybridized carbons (Fsp3) is 0.312. The van der Waals surface area contributed by atoms with Crippen molar-refractivity contribution in [1.82, 2.24) is 9.47 Å². The summed E-state index contributed by atoms with van der Waals surface area (Å²) in [7, 11) is 1.98. The first-order valence-electron chi connectivity index (χ1n) is 6.66. The quantitative estimate of drug-likeness (QED) is 0.842. The Bertz CT molecular complexity index is 604. The third-order valence-electron chi connectivity index (χ3n) is 3.34. The molecule has 0 saturated heterocycles. The second kappa shape index (κ2) is 6.14. The standard InChI is InChI=1S/C16H19ClN2O/c1-12(2)19(11-15-8-5-9-18(15)3)16(20)13-6-4-7-14(17)10-13/h4-10,12H,11H2,1-3H3. The average molecular weight is 291 g/mol. The minimum Gasteiger partial charge on any atom is -0.353 e. The summed E-state index contributed by atoms with van der Waals surface area (Å²) in [6.45, 7) is 4.63. The van der Waals surface area contributed by atoms with Gasteiger partial charge in [-0.2, -0.15) is 0 Å². The average Bonchev–Trinajstić information content (AvgIpc) is 2.80. The number of nitrogens with zero attached hydrogens (tertiary/aromatic N) is 2. The Morgan fingerprint density at radius 1 is 1.30 bits per heavy atom. The van der Waals surface area contributed by atoms with E-state index < -0.39 is 0 Å². The molecule has 20 heavy (non-hydrogen) atoms. The van der Waals surface area contributed by atoms with Crippen molar-refractivity contribution in [2.75, 3.05) is 0 Å². The van der Waals surface area contributed by atoms with Crippen molar-refractivity contribution in [3.8, 4) is 0 Å². The second-order valence-corrected chi connectivity index (χ2v) is 5.58. The Morgan fingerprint density at radius 2 is 2.05 bits per heavy atom. The zero-order chi connectivity index (χ0) is 14.7. The first-order valence-corrected chi connectivity index (χ1v) is 7.03. The second-order valence-electron chi connectivity index (χ2n) is 5.15. The normalized spacial score (nSPS) is 10.8. The van der Waals surface area contributed by atoms with E-state index in [1.165, 1.54) is 0 Å². The number of halogens is 1. The van der Waals surface area contributed by atoms with Gasteiger partial charge in [0.25, 0.3) is 5.91 Å². The van der Waals surface area contributed by atoms with Crippen LogP contribution in [0.4, 0.5) is 0 Å². The highest BCUT2D eigenvalue weighted by atomic mass is 35.5.